The van der Waals surface area contributed by atoms with Crippen LogP contribution in [0.4, 0.5) is 34.1 Å². The van der Waals surface area contributed by atoms with Gasteiger partial charge in [-0.3, -0.25) is 9.97 Å². The zero-order valence-electron chi connectivity index (χ0n) is 25.4. The number of hydrogen-bond acceptors (Lipinski definition) is 4. The molecular weight excluding hydrogens is 559 g/mol. The van der Waals surface area contributed by atoms with Crippen molar-refractivity contribution in [3.8, 4) is 22.5 Å². The molecule has 0 unspecified atom stereocenters. The van der Waals surface area contributed by atoms with E-state index in [2.05, 4.69) is 150 Å². The van der Waals surface area contributed by atoms with Gasteiger partial charge < -0.3 is 9.80 Å². The molecule has 0 spiro atoms. The Balaban J connectivity index is 1.41. The number of hydrogen-bond donors (Lipinski definition) is 0. The molecule has 9 rings (SSSR count). The summed E-state index contributed by atoms with van der Waals surface area (Å²) in [7, 11) is 0. The third-order valence-corrected chi connectivity index (χ3v) is 9.18. The summed E-state index contributed by atoms with van der Waals surface area (Å²) in [5.74, 6) is 0. The van der Waals surface area contributed by atoms with Crippen molar-refractivity contribution >= 4 is 57.2 Å². The van der Waals surface area contributed by atoms with Crippen LogP contribution in [0.25, 0.3) is 22.5 Å². The zero-order chi connectivity index (χ0) is 30.6. The zero-order valence-corrected chi connectivity index (χ0v) is 25.4. The maximum atomic E-state index is 4.85. The van der Waals surface area contributed by atoms with E-state index >= 15 is 0 Å². The first-order chi connectivity index (χ1) is 22.8. The van der Waals surface area contributed by atoms with Gasteiger partial charge in [-0.25, -0.2) is 0 Å². The van der Waals surface area contributed by atoms with Crippen LogP contribution in [0.1, 0.15) is 5.56 Å². The Kier molecular flexibility index (Phi) is 6.10. The van der Waals surface area contributed by atoms with Crippen molar-refractivity contribution in [3.63, 3.8) is 0 Å². The molecule has 5 heteroatoms. The average Bonchev–Trinajstić information content (AvgIpc) is 3.12. The van der Waals surface area contributed by atoms with E-state index in [0.717, 1.165) is 33.9 Å². The highest BCUT2D eigenvalue weighted by molar-refractivity contribution is 7.00. The van der Waals surface area contributed by atoms with Gasteiger partial charge in [0.05, 0.1) is 17.1 Å². The molecular formula is C41H29BN4. The average molecular weight is 589 g/mol. The molecule has 7 aromatic rings. The fraction of sp³-hybridized carbons (Fsp3) is 0.0244. The number of nitrogens with zero attached hydrogens (tertiary/aromatic N) is 4. The van der Waals surface area contributed by atoms with Crippen LogP contribution in [0.5, 0.6) is 0 Å². The van der Waals surface area contributed by atoms with E-state index in [0.29, 0.717) is 0 Å². The summed E-state index contributed by atoms with van der Waals surface area (Å²) in [5, 5.41) is 0. The molecule has 5 aromatic carbocycles. The summed E-state index contributed by atoms with van der Waals surface area (Å²) in [4.78, 5) is 14.6. The number of pyridine rings is 2. The van der Waals surface area contributed by atoms with Crippen LogP contribution >= 0.6 is 0 Å². The summed E-state index contributed by atoms with van der Waals surface area (Å²) in [6.07, 6.45) is 3.74. The maximum Gasteiger partial charge on any atom is 0.252 e. The minimum absolute atomic E-state index is 0.0783. The highest BCUT2D eigenvalue weighted by atomic mass is 15.2. The van der Waals surface area contributed by atoms with E-state index in [4.69, 9.17) is 9.97 Å². The SMILES string of the molecule is Cc1cc2c3c(c1)N(c1c(-c4ccccn4)cccc1-c1ccccn1)c1ccccc1B3c1ccccc1N2c1ccccc1. The van der Waals surface area contributed by atoms with E-state index in [1.54, 1.807) is 0 Å². The van der Waals surface area contributed by atoms with E-state index in [1.165, 1.54) is 44.7 Å². The second-order valence-corrected chi connectivity index (χ2v) is 11.9. The quantitative estimate of drug-likeness (QED) is 0.194. The third-order valence-electron chi connectivity index (χ3n) is 9.18. The lowest BCUT2D eigenvalue weighted by atomic mass is 9.33. The highest BCUT2D eigenvalue weighted by Crippen LogP contribution is 2.49. The van der Waals surface area contributed by atoms with Crippen LogP contribution in [0, 0.1) is 6.92 Å². The van der Waals surface area contributed by atoms with Crippen LogP contribution in [0.3, 0.4) is 0 Å². The molecule has 46 heavy (non-hydrogen) atoms. The standard InChI is InChI=1S/C41H29BN4/c1-28-26-38-40-39(27-28)46(41-30(34-20-9-11-24-43-34)16-13-17-31(41)35-21-10-12-25-44-35)37-23-8-6-19-33(37)42(40)32-18-5-7-22-36(32)45(38)29-14-3-2-4-15-29/h2-27H,1H3. The van der Waals surface area contributed by atoms with E-state index in [-0.39, 0.29) is 6.71 Å². The Morgan fingerprint density at radius 3 is 1.59 bits per heavy atom. The second-order valence-electron chi connectivity index (χ2n) is 11.9. The Morgan fingerprint density at radius 1 is 0.478 bits per heavy atom. The molecule has 0 saturated heterocycles. The largest absolute Gasteiger partial charge is 0.311 e. The molecule has 0 amide bonds. The fourth-order valence-corrected chi connectivity index (χ4v) is 7.37. The van der Waals surface area contributed by atoms with Crippen molar-refractivity contribution in [3.05, 3.63) is 164 Å². The van der Waals surface area contributed by atoms with Crippen LogP contribution in [-0.2, 0) is 0 Å². The molecule has 0 atom stereocenters. The number of aromatic nitrogens is 2. The number of fused-ring (bicyclic) bond motifs is 4. The molecule has 0 fully saturated rings. The summed E-state index contributed by atoms with van der Waals surface area (Å²) in [6.45, 7) is 2.29. The van der Waals surface area contributed by atoms with Crippen LogP contribution in [0.2, 0.25) is 0 Å². The smallest absolute Gasteiger partial charge is 0.252 e. The molecule has 0 saturated carbocycles. The molecule has 4 heterocycles. The van der Waals surface area contributed by atoms with Gasteiger partial charge >= 0.3 is 0 Å². The highest BCUT2D eigenvalue weighted by Gasteiger charge is 2.43. The van der Waals surface area contributed by atoms with Gasteiger partial charge in [-0.2, -0.15) is 0 Å². The van der Waals surface area contributed by atoms with Crippen LogP contribution < -0.4 is 26.2 Å². The lowest BCUT2D eigenvalue weighted by molar-refractivity contribution is 1.23. The lowest BCUT2D eigenvalue weighted by Gasteiger charge is -2.45. The fourth-order valence-electron chi connectivity index (χ4n) is 7.37. The summed E-state index contributed by atoms with van der Waals surface area (Å²) in [5.41, 5.74) is 16.0. The van der Waals surface area contributed by atoms with Gasteiger partial charge in [0.15, 0.2) is 0 Å². The first kappa shape index (κ1) is 26.5. The summed E-state index contributed by atoms with van der Waals surface area (Å²) < 4.78 is 0. The minimum atomic E-state index is 0.0783. The van der Waals surface area contributed by atoms with Crippen molar-refractivity contribution in [1.29, 1.82) is 0 Å². The molecule has 0 bridgehead atoms. The molecule has 4 nitrogen and oxygen atoms in total. The monoisotopic (exact) mass is 588 g/mol. The molecule has 2 aliphatic rings. The van der Waals surface area contributed by atoms with Crippen molar-refractivity contribution in [2.45, 2.75) is 6.92 Å². The molecule has 0 aliphatic carbocycles. The number of para-hydroxylation sites is 4. The van der Waals surface area contributed by atoms with Gasteiger partial charge in [0.2, 0.25) is 0 Å². The van der Waals surface area contributed by atoms with Gasteiger partial charge in [0.1, 0.15) is 0 Å². The van der Waals surface area contributed by atoms with Crippen molar-refractivity contribution < 1.29 is 0 Å². The third kappa shape index (κ3) is 4.02. The summed E-state index contributed by atoms with van der Waals surface area (Å²) in [6, 6.07) is 52.0. The predicted octanol–water partition coefficient (Wildman–Crippen LogP) is 8.20. The Morgan fingerprint density at radius 2 is 1.00 bits per heavy atom. The summed E-state index contributed by atoms with van der Waals surface area (Å²) >= 11 is 0. The van der Waals surface area contributed by atoms with Crippen LogP contribution in [-0.4, -0.2) is 16.7 Å². The Bertz CT molecular complexity index is 2180. The van der Waals surface area contributed by atoms with Gasteiger partial charge in [0.25, 0.3) is 6.71 Å². The number of rotatable bonds is 4. The first-order valence-electron chi connectivity index (χ1n) is 15.7. The van der Waals surface area contributed by atoms with Crippen molar-refractivity contribution in [2.75, 3.05) is 9.80 Å². The number of benzene rings is 5. The molecule has 2 aliphatic heterocycles. The van der Waals surface area contributed by atoms with Gasteiger partial charge in [-0.15, -0.1) is 0 Å². The molecule has 216 valence electrons. The minimum Gasteiger partial charge on any atom is -0.311 e. The predicted molar refractivity (Wildman–Crippen MR) is 192 cm³/mol. The Labute approximate surface area is 269 Å². The van der Waals surface area contributed by atoms with E-state index in [1.807, 2.05) is 24.5 Å². The Hall–Kier alpha value is -5.94. The van der Waals surface area contributed by atoms with Gasteiger partial charge in [-0.1, -0.05) is 84.9 Å². The topological polar surface area (TPSA) is 32.3 Å². The van der Waals surface area contributed by atoms with Gasteiger partial charge in [0, 0.05) is 52.0 Å². The molecule has 0 radical (unpaired) electrons. The van der Waals surface area contributed by atoms with Crippen molar-refractivity contribution in [1.82, 2.24) is 9.97 Å². The normalized spacial score (nSPS) is 12.8. The lowest BCUT2D eigenvalue weighted by Crippen LogP contribution is -2.61. The number of anilines is 6. The van der Waals surface area contributed by atoms with Crippen molar-refractivity contribution in [2.24, 2.45) is 0 Å². The maximum absolute atomic E-state index is 4.85. The molecule has 0 N–H and O–H groups in total. The first-order valence-corrected chi connectivity index (χ1v) is 15.7. The number of aryl methyl sites for hydroxylation is 1. The van der Waals surface area contributed by atoms with Gasteiger partial charge in [-0.05, 0) is 89.5 Å². The van der Waals surface area contributed by atoms with E-state index in [9.17, 15) is 0 Å². The molecule has 2 aromatic heterocycles. The van der Waals surface area contributed by atoms with E-state index < -0.39 is 0 Å². The second kappa shape index (κ2) is 10.6. The van der Waals surface area contributed by atoms with Crippen LogP contribution in [0.15, 0.2) is 158 Å².